The van der Waals surface area contributed by atoms with Crippen LogP contribution in [0.3, 0.4) is 0 Å². The van der Waals surface area contributed by atoms with Gasteiger partial charge in [-0.05, 0) is 44.4 Å². The van der Waals surface area contributed by atoms with Gasteiger partial charge in [-0.2, -0.15) is 5.10 Å². The van der Waals surface area contributed by atoms with Crippen molar-refractivity contribution < 1.29 is 14.7 Å². The molecule has 0 aliphatic heterocycles. The molecule has 2 aromatic rings. The van der Waals surface area contributed by atoms with E-state index in [2.05, 4.69) is 15.4 Å². The van der Waals surface area contributed by atoms with Crippen LogP contribution in [-0.4, -0.2) is 37.8 Å². The van der Waals surface area contributed by atoms with Crippen molar-refractivity contribution in [3.05, 3.63) is 41.3 Å². The number of carboxylic acid groups (broad SMARTS) is 1. The number of carbonyl (C=O) groups is 2. The Labute approximate surface area is 140 Å². The first-order valence-corrected chi connectivity index (χ1v) is 7.81. The summed E-state index contributed by atoms with van der Waals surface area (Å²) in [6.45, 7) is 7.64. The molecule has 0 aliphatic rings. The lowest BCUT2D eigenvalue weighted by Gasteiger charge is -2.16. The largest absolute Gasteiger partial charge is 0.480 e. The molecule has 2 heterocycles. The molecular weight excluding hydrogens is 308 g/mol. The van der Waals surface area contributed by atoms with Gasteiger partial charge in [0.1, 0.15) is 6.04 Å². The molecule has 2 N–H and O–H groups in total. The molecule has 0 radical (unpaired) electrons. The van der Waals surface area contributed by atoms with E-state index in [1.165, 1.54) is 6.20 Å². The topological polar surface area (TPSA) is 97.1 Å². The van der Waals surface area contributed by atoms with Gasteiger partial charge in [-0.25, -0.2) is 14.5 Å². The van der Waals surface area contributed by atoms with Crippen LogP contribution in [0.4, 0.5) is 0 Å². The highest BCUT2D eigenvalue weighted by Crippen LogP contribution is 2.11. The van der Waals surface area contributed by atoms with Crippen molar-refractivity contribution in [3.63, 3.8) is 0 Å². The van der Waals surface area contributed by atoms with Gasteiger partial charge in [0.2, 0.25) is 0 Å². The fourth-order valence-corrected chi connectivity index (χ4v) is 2.44. The fourth-order valence-electron chi connectivity index (χ4n) is 2.44. The molecule has 1 atom stereocenters. The number of aromatic nitrogens is 3. The molecule has 0 aliphatic carbocycles. The molecule has 0 fully saturated rings. The van der Waals surface area contributed by atoms with Crippen molar-refractivity contribution in [2.45, 2.75) is 40.2 Å². The Morgan fingerprint density at radius 3 is 2.46 bits per heavy atom. The predicted octanol–water partition coefficient (Wildman–Crippen LogP) is 2.11. The first kappa shape index (κ1) is 17.7. The van der Waals surface area contributed by atoms with Crippen molar-refractivity contribution in [3.8, 4) is 5.82 Å². The summed E-state index contributed by atoms with van der Waals surface area (Å²) in [7, 11) is 0. The molecule has 2 rings (SSSR count). The van der Waals surface area contributed by atoms with E-state index in [9.17, 15) is 14.7 Å². The van der Waals surface area contributed by atoms with Crippen molar-refractivity contribution in [2.24, 2.45) is 5.92 Å². The first-order chi connectivity index (χ1) is 11.3. The van der Waals surface area contributed by atoms with Gasteiger partial charge >= 0.3 is 5.97 Å². The van der Waals surface area contributed by atoms with Crippen molar-refractivity contribution in [1.82, 2.24) is 20.1 Å². The summed E-state index contributed by atoms with van der Waals surface area (Å²) in [4.78, 5) is 27.7. The zero-order valence-corrected chi connectivity index (χ0v) is 14.3. The minimum absolute atomic E-state index is 0.165. The van der Waals surface area contributed by atoms with Crippen LogP contribution in [0.1, 0.15) is 42.0 Å². The highest BCUT2D eigenvalue weighted by Gasteiger charge is 2.22. The molecule has 0 spiro atoms. The monoisotopic (exact) mass is 330 g/mol. The third-order valence-corrected chi connectivity index (χ3v) is 3.55. The minimum Gasteiger partial charge on any atom is -0.480 e. The Bertz CT molecular complexity index is 735. The maximum Gasteiger partial charge on any atom is 0.326 e. The van der Waals surface area contributed by atoms with Crippen molar-refractivity contribution in [2.75, 3.05) is 0 Å². The number of rotatable bonds is 6. The molecular formula is C17H22N4O3. The van der Waals surface area contributed by atoms with E-state index in [1.54, 1.807) is 16.8 Å². The second kappa shape index (κ2) is 7.25. The van der Waals surface area contributed by atoms with Crippen LogP contribution in [0, 0.1) is 19.8 Å². The number of nitrogens with one attached hydrogen (secondary N) is 1. The SMILES string of the molecule is Cc1cc(C)n(-c2ccc(C(=O)N[C@H](CC(C)C)C(=O)O)cn2)n1. The zero-order chi connectivity index (χ0) is 17.9. The fraction of sp³-hybridized carbons (Fsp3) is 0.412. The Morgan fingerprint density at radius 1 is 1.29 bits per heavy atom. The molecule has 0 aromatic carbocycles. The van der Waals surface area contributed by atoms with E-state index in [4.69, 9.17) is 0 Å². The van der Waals surface area contributed by atoms with E-state index in [0.717, 1.165) is 11.4 Å². The molecule has 7 nitrogen and oxygen atoms in total. The Morgan fingerprint density at radius 2 is 2.00 bits per heavy atom. The Balaban J connectivity index is 2.13. The third kappa shape index (κ3) is 4.18. The number of nitrogens with zero attached hydrogens (tertiary/aromatic N) is 3. The Hall–Kier alpha value is -2.70. The summed E-state index contributed by atoms with van der Waals surface area (Å²) in [5, 5.41) is 16.1. The molecule has 0 saturated heterocycles. The number of aryl methyl sites for hydroxylation is 2. The van der Waals surface area contributed by atoms with Crippen LogP contribution < -0.4 is 5.32 Å². The van der Waals surface area contributed by atoms with Crippen LogP contribution in [0.5, 0.6) is 0 Å². The molecule has 2 aromatic heterocycles. The summed E-state index contributed by atoms with van der Waals surface area (Å²) in [6, 6.07) is 4.33. The standard InChI is InChI=1S/C17H22N4O3/c1-10(2)7-14(17(23)24)19-16(22)13-5-6-15(18-9-13)21-12(4)8-11(3)20-21/h5-6,8-10,14H,7H2,1-4H3,(H,19,22)(H,23,24)/t14-/m1/s1. The number of amides is 1. The van der Waals surface area contributed by atoms with Gasteiger partial charge in [-0.1, -0.05) is 13.8 Å². The quantitative estimate of drug-likeness (QED) is 0.845. The molecule has 24 heavy (non-hydrogen) atoms. The number of carbonyl (C=O) groups excluding carboxylic acids is 1. The number of pyridine rings is 1. The summed E-state index contributed by atoms with van der Waals surface area (Å²) in [5.41, 5.74) is 2.14. The number of carboxylic acids is 1. The first-order valence-electron chi connectivity index (χ1n) is 7.81. The lowest BCUT2D eigenvalue weighted by Crippen LogP contribution is -2.41. The van der Waals surface area contributed by atoms with Crippen LogP contribution in [0.15, 0.2) is 24.4 Å². The third-order valence-electron chi connectivity index (χ3n) is 3.55. The molecule has 0 bridgehead atoms. The van der Waals surface area contributed by atoms with E-state index in [0.29, 0.717) is 17.8 Å². The van der Waals surface area contributed by atoms with E-state index in [1.807, 2.05) is 33.8 Å². The van der Waals surface area contributed by atoms with Gasteiger partial charge in [-0.3, -0.25) is 4.79 Å². The van der Waals surface area contributed by atoms with Gasteiger partial charge in [0.05, 0.1) is 11.3 Å². The van der Waals surface area contributed by atoms with Crippen LogP contribution in [0.25, 0.3) is 5.82 Å². The highest BCUT2D eigenvalue weighted by atomic mass is 16.4. The zero-order valence-electron chi connectivity index (χ0n) is 14.3. The second-order valence-corrected chi connectivity index (χ2v) is 6.24. The highest BCUT2D eigenvalue weighted by molar-refractivity contribution is 5.96. The Kier molecular flexibility index (Phi) is 5.33. The number of hydrogen-bond acceptors (Lipinski definition) is 4. The average molecular weight is 330 g/mol. The summed E-state index contributed by atoms with van der Waals surface area (Å²) >= 11 is 0. The minimum atomic E-state index is -1.04. The summed E-state index contributed by atoms with van der Waals surface area (Å²) in [5.74, 6) is -0.716. The normalized spacial score (nSPS) is 12.2. The molecule has 7 heteroatoms. The van der Waals surface area contributed by atoms with Crippen LogP contribution >= 0.6 is 0 Å². The van der Waals surface area contributed by atoms with Gasteiger partial charge < -0.3 is 10.4 Å². The number of aliphatic carboxylic acids is 1. The lowest BCUT2D eigenvalue weighted by molar-refractivity contribution is -0.139. The second-order valence-electron chi connectivity index (χ2n) is 6.24. The predicted molar refractivity (Wildman–Crippen MR) is 89.2 cm³/mol. The summed E-state index contributed by atoms with van der Waals surface area (Å²) < 4.78 is 1.69. The average Bonchev–Trinajstić information content (AvgIpc) is 2.84. The van der Waals surface area contributed by atoms with Crippen molar-refractivity contribution >= 4 is 11.9 Å². The van der Waals surface area contributed by atoms with Gasteiger partial charge in [0.25, 0.3) is 5.91 Å². The van der Waals surface area contributed by atoms with Gasteiger partial charge in [0.15, 0.2) is 5.82 Å². The molecule has 0 unspecified atom stereocenters. The van der Waals surface area contributed by atoms with E-state index in [-0.39, 0.29) is 5.92 Å². The molecule has 128 valence electrons. The maximum absolute atomic E-state index is 12.2. The van der Waals surface area contributed by atoms with E-state index >= 15 is 0 Å². The van der Waals surface area contributed by atoms with Crippen molar-refractivity contribution in [1.29, 1.82) is 0 Å². The number of hydrogen-bond donors (Lipinski definition) is 2. The maximum atomic E-state index is 12.2. The lowest BCUT2D eigenvalue weighted by atomic mass is 10.0. The summed E-state index contributed by atoms with van der Waals surface area (Å²) in [6.07, 6.45) is 1.80. The van der Waals surface area contributed by atoms with Gasteiger partial charge in [0, 0.05) is 11.9 Å². The smallest absolute Gasteiger partial charge is 0.326 e. The van der Waals surface area contributed by atoms with Crippen LogP contribution in [-0.2, 0) is 4.79 Å². The van der Waals surface area contributed by atoms with Gasteiger partial charge in [-0.15, -0.1) is 0 Å². The molecule has 0 saturated carbocycles. The van der Waals surface area contributed by atoms with Crippen LogP contribution in [0.2, 0.25) is 0 Å². The molecule has 1 amide bonds. The van der Waals surface area contributed by atoms with E-state index < -0.39 is 17.9 Å².